The zero-order valence-electron chi connectivity index (χ0n) is 18.4. The quantitative estimate of drug-likeness (QED) is 0.584. The van der Waals surface area contributed by atoms with Crippen LogP contribution in [0, 0.1) is 0 Å². The van der Waals surface area contributed by atoms with Gasteiger partial charge in [-0.2, -0.15) is 0 Å². The van der Waals surface area contributed by atoms with Gasteiger partial charge in [0.05, 0.1) is 18.8 Å². The molecule has 0 unspecified atom stereocenters. The molecule has 2 aliphatic heterocycles. The van der Waals surface area contributed by atoms with Crippen LogP contribution < -0.4 is 4.90 Å². The molecule has 0 atom stereocenters. The third-order valence-corrected chi connectivity index (χ3v) is 6.41. The maximum Gasteiger partial charge on any atom is 0.407 e. The summed E-state index contributed by atoms with van der Waals surface area (Å²) in [5, 5.41) is 18.1. The number of aromatic nitrogens is 5. The number of hydrogen-bond acceptors (Lipinski definition) is 6. The summed E-state index contributed by atoms with van der Waals surface area (Å²) in [5.74, 6) is 1.81. The maximum absolute atomic E-state index is 13.2. The largest absolute Gasteiger partial charge is 0.465 e. The Labute approximate surface area is 194 Å². The van der Waals surface area contributed by atoms with Gasteiger partial charge in [-0.3, -0.25) is 9.69 Å². The predicted molar refractivity (Wildman–Crippen MR) is 120 cm³/mol. The maximum atomic E-state index is 13.2. The lowest BCUT2D eigenvalue weighted by Gasteiger charge is -2.22. The minimum atomic E-state index is -1.09. The molecule has 170 valence electrons. The molecule has 2 amide bonds. The fourth-order valence-electron chi connectivity index (χ4n) is 4.45. The Morgan fingerprint density at radius 3 is 2.82 bits per heavy atom. The van der Waals surface area contributed by atoms with Crippen LogP contribution in [0.15, 0.2) is 24.3 Å². The molecule has 2 aliphatic rings. The van der Waals surface area contributed by atoms with Crippen molar-refractivity contribution in [2.45, 2.75) is 45.3 Å². The van der Waals surface area contributed by atoms with Crippen LogP contribution in [0.25, 0.3) is 11.5 Å². The van der Waals surface area contributed by atoms with Crippen molar-refractivity contribution < 1.29 is 14.7 Å². The lowest BCUT2D eigenvalue weighted by Crippen LogP contribution is -2.26. The van der Waals surface area contributed by atoms with Crippen molar-refractivity contribution in [3.05, 3.63) is 52.1 Å². The second kappa shape index (κ2) is 7.51. The molecule has 33 heavy (non-hydrogen) atoms. The molecule has 11 heteroatoms. The van der Waals surface area contributed by atoms with E-state index in [0.717, 1.165) is 23.6 Å². The van der Waals surface area contributed by atoms with Crippen molar-refractivity contribution in [3.63, 3.8) is 0 Å². The van der Waals surface area contributed by atoms with E-state index in [1.165, 1.54) is 13.1 Å². The molecule has 5 heterocycles. The number of nitrogens with zero attached hydrogens (tertiary/aromatic N) is 7. The first-order valence-corrected chi connectivity index (χ1v) is 10.9. The number of anilines is 1. The van der Waals surface area contributed by atoms with E-state index in [0.29, 0.717) is 34.2 Å². The Kier molecular flexibility index (Phi) is 4.86. The lowest BCUT2D eigenvalue weighted by molar-refractivity contribution is 0.0996. The smallest absolute Gasteiger partial charge is 0.407 e. The van der Waals surface area contributed by atoms with Gasteiger partial charge in [-0.25, -0.2) is 14.8 Å². The molecule has 0 bridgehead atoms. The molecule has 10 nitrogen and oxygen atoms in total. The average Bonchev–Trinajstić information content (AvgIpc) is 3.43. The summed E-state index contributed by atoms with van der Waals surface area (Å²) in [5.41, 5.74) is 2.02. The van der Waals surface area contributed by atoms with E-state index in [4.69, 9.17) is 16.6 Å². The highest BCUT2D eigenvalue weighted by atomic mass is 35.5. The van der Waals surface area contributed by atoms with Gasteiger partial charge in [-0.05, 0) is 38.5 Å². The summed E-state index contributed by atoms with van der Waals surface area (Å²) in [7, 11) is 1.44. The van der Waals surface area contributed by atoms with Crippen molar-refractivity contribution in [2.24, 2.45) is 0 Å². The molecule has 0 spiro atoms. The minimum absolute atomic E-state index is 0.0216. The molecule has 3 aromatic rings. The van der Waals surface area contributed by atoms with E-state index in [1.54, 1.807) is 11.0 Å². The van der Waals surface area contributed by atoms with Gasteiger partial charge in [-0.15, -0.1) is 10.2 Å². The molecule has 3 aromatic heterocycles. The van der Waals surface area contributed by atoms with Crippen LogP contribution in [0.1, 0.15) is 47.7 Å². The van der Waals surface area contributed by atoms with Crippen LogP contribution >= 0.6 is 11.6 Å². The molecular formula is C22H22ClN7O3. The normalized spacial score (nSPS) is 16.1. The van der Waals surface area contributed by atoms with E-state index >= 15 is 0 Å². The molecule has 5 rings (SSSR count). The molecule has 0 aromatic carbocycles. The number of amides is 2. The fraction of sp³-hybridized carbons (Fsp3) is 0.364. The first-order valence-electron chi connectivity index (χ1n) is 10.5. The third-order valence-electron chi connectivity index (χ3n) is 6.22. The number of halogens is 1. The summed E-state index contributed by atoms with van der Waals surface area (Å²) in [6.45, 7) is 4.54. The van der Waals surface area contributed by atoms with Crippen LogP contribution in [-0.4, -0.2) is 53.8 Å². The van der Waals surface area contributed by atoms with Crippen LogP contribution in [0.5, 0.6) is 0 Å². The molecule has 0 fully saturated rings. The SMILES string of the molecule is CN(Cc1nc(Cl)cc2c1CN(c1cccc(-c3nnc4n3C(C)(C)CC4)n1)C2=O)C(=O)O. The predicted octanol–water partition coefficient (Wildman–Crippen LogP) is 3.34. The number of hydrogen-bond donors (Lipinski definition) is 1. The third kappa shape index (κ3) is 3.50. The summed E-state index contributed by atoms with van der Waals surface area (Å²) in [6.07, 6.45) is 0.747. The minimum Gasteiger partial charge on any atom is -0.465 e. The Bertz CT molecular complexity index is 1300. The Morgan fingerprint density at radius 1 is 1.27 bits per heavy atom. The molecule has 1 N–H and O–H groups in total. The Hall–Kier alpha value is -3.53. The zero-order valence-corrected chi connectivity index (χ0v) is 19.2. The summed E-state index contributed by atoms with van der Waals surface area (Å²) < 4.78 is 2.11. The van der Waals surface area contributed by atoms with Crippen LogP contribution in [0.2, 0.25) is 5.15 Å². The number of carbonyl (C=O) groups is 2. The van der Waals surface area contributed by atoms with Crippen LogP contribution in [-0.2, 0) is 25.0 Å². The van der Waals surface area contributed by atoms with E-state index in [2.05, 4.69) is 33.6 Å². The van der Waals surface area contributed by atoms with Crippen molar-refractivity contribution in [1.82, 2.24) is 29.6 Å². The summed E-state index contributed by atoms with van der Waals surface area (Å²) >= 11 is 6.14. The zero-order chi connectivity index (χ0) is 23.5. The molecule has 0 saturated carbocycles. The first kappa shape index (κ1) is 21.3. The van der Waals surface area contributed by atoms with E-state index in [1.807, 2.05) is 12.1 Å². The Balaban J connectivity index is 1.51. The van der Waals surface area contributed by atoms with Crippen molar-refractivity contribution in [2.75, 3.05) is 11.9 Å². The number of aryl methyl sites for hydroxylation is 1. The topological polar surface area (TPSA) is 117 Å². The van der Waals surface area contributed by atoms with Gasteiger partial charge in [0.15, 0.2) is 5.82 Å². The van der Waals surface area contributed by atoms with Gasteiger partial charge in [0.2, 0.25) is 0 Å². The molecule has 0 aliphatic carbocycles. The summed E-state index contributed by atoms with van der Waals surface area (Å²) in [6, 6.07) is 6.97. The summed E-state index contributed by atoms with van der Waals surface area (Å²) in [4.78, 5) is 36.2. The number of carboxylic acid groups (broad SMARTS) is 1. The molecular weight excluding hydrogens is 446 g/mol. The second-order valence-corrected chi connectivity index (χ2v) is 9.30. The number of rotatable bonds is 4. The highest BCUT2D eigenvalue weighted by Gasteiger charge is 2.36. The van der Waals surface area contributed by atoms with Crippen molar-refractivity contribution >= 4 is 29.4 Å². The van der Waals surface area contributed by atoms with Crippen LogP contribution in [0.3, 0.4) is 0 Å². The monoisotopic (exact) mass is 467 g/mol. The van der Waals surface area contributed by atoms with E-state index in [9.17, 15) is 14.7 Å². The molecule has 0 saturated heterocycles. The first-order chi connectivity index (χ1) is 15.7. The van der Waals surface area contributed by atoms with E-state index in [-0.39, 0.29) is 29.7 Å². The highest BCUT2D eigenvalue weighted by molar-refractivity contribution is 6.30. The van der Waals surface area contributed by atoms with E-state index < -0.39 is 6.09 Å². The van der Waals surface area contributed by atoms with Gasteiger partial charge >= 0.3 is 6.09 Å². The number of fused-ring (bicyclic) bond motifs is 2. The van der Waals surface area contributed by atoms with Crippen molar-refractivity contribution in [3.8, 4) is 11.5 Å². The lowest BCUT2D eigenvalue weighted by atomic mass is 10.0. The average molecular weight is 468 g/mol. The molecule has 0 radical (unpaired) electrons. The van der Waals surface area contributed by atoms with Gasteiger partial charge in [0, 0.05) is 30.1 Å². The van der Waals surface area contributed by atoms with Gasteiger partial charge in [0.25, 0.3) is 5.91 Å². The number of carbonyl (C=O) groups excluding carboxylic acids is 1. The second-order valence-electron chi connectivity index (χ2n) is 8.92. The van der Waals surface area contributed by atoms with Crippen molar-refractivity contribution in [1.29, 1.82) is 0 Å². The number of pyridine rings is 2. The van der Waals surface area contributed by atoms with Gasteiger partial charge in [0.1, 0.15) is 22.5 Å². The standard InChI is InChI=1S/C22H22ClN7O3/c1-22(2)8-7-18-26-27-19(30(18)22)14-5-4-6-17(25-14)29-10-13-12(20(29)31)9-16(23)24-15(13)11-28(3)21(32)33/h4-6,9H,7-8,10-11H2,1-3H3,(H,32,33). The van der Waals surface area contributed by atoms with Gasteiger partial charge < -0.3 is 14.6 Å². The Morgan fingerprint density at radius 2 is 2.06 bits per heavy atom. The van der Waals surface area contributed by atoms with Gasteiger partial charge in [-0.1, -0.05) is 17.7 Å². The highest BCUT2D eigenvalue weighted by Crippen LogP contribution is 2.36. The van der Waals surface area contributed by atoms with Crippen LogP contribution in [0.4, 0.5) is 10.6 Å². The fourth-order valence-corrected chi connectivity index (χ4v) is 4.66.